The fourth-order valence-electron chi connectivity index (χ4n) is 4.98. The van der Waals surface area contributed by atoms with Crippen LogP contribution < -0.4 is 4.74 Å². The number of likely N-dealkylation sites (tertiary alicyclic amines) is 1. The number of nitrogens with zero attached hydrogens (tertiary/aromatic N) is 3. The summed E-state index contributed by atoms with van der Waals surface area (Å²) < 4.78 is 18.4. The molecule has 0 spiro atoms. The zero-order valence-corrected chi connectivity index (χ0v) is 20.3. The number of halogens is 1. The van der Waals surface area contributed by atoms with Gasteiger partial charge in [-0.3, -0.25) is 14.5 Å². The van der Waals surface area contributed by atoms with E-state index >= 15 is 0 Å². The first-order valence-corrected chi connectivity index (χ1v) is 11.9. The molecule has 2 aliphatic rings. The number of methoxy groups -OCH3 is 1. The van der Waals surface area contributed by atoms with Gasteiger partial charge in [0.2, 0.25) is 11.8 Å². The van der Waals surface area contributed by atoms with Gasteiger partial charge in [0.25, 0.3) is 0 Å². The molecule has 0 N–H and O–H groups in total. The van der Waals surface area contributed by atoms with Gasteiger partial charge in [-0.25, -0.2) is 4.39 Å². The van der Waals surface area contributed by atoms with Gasteiger partial charge in [0.15, 0.2) is 0 Å². The van der Waals surface area contributed by atoms with Gasteiger partial charge < -0.3 is 14.5 Å². The lowest BCUT2D eigenvalue weighted by molar-refractivity contribution is -0.149. The molecule has 2 amide bonds. The molecule has 2 aromatic rings. The zero-order valence-electron chi connectivity index (χ0n) is 20.3. The highest BCUT2D eigenvalue weighted by Crippen LogP contribution is 2.35. The quantitative estimate of drug-likeness (QED) is 0.675. The lowest BCUT2D eigenvalue weighted by Crippen LogP contribution is -2.55. The Morgan fingerprint density at radius 2 is 1.62 bits per heavy atom. The molecule has 2 aliphatic heterocycles. The van der Waals surface area contributed by atoms with Crippen molar-refractivity contribution in [1.29, 1.82) is 0 Å². The normalized spacial score (nSPS) is 20.8. The third-order valence-corrected chi connectivity index (χ3v) is 7.44. The van der Waals surface area contributed by atoms with Crippen LogP contribution in [0.1, 0.15) is 36.9 Å². The van der Waals surface area contributed by atoms with E-state index in [-0.39, 0.29) is 30.1 Å². The van der Waals surface area contributed by atoms with Crippen LogP contribution in [0.2, 0.25) is 0 Å². The zero-order chi connectivity index (χ0) is 24.3. The van der Waals surface area contributed by atoms with E-state index in [2.05, 4.69) is 24.1 Å². The number of likely N-dealkylation sites (N-methyl/N-ethyl adjacent to an activating group) is 1. The van der Waals surface area contributed by atoms with E-state index in [1.165, 1.54) is 17.7 Å². The summed E-state index contributed by atoms with van der Waals surface area (Å²) in [7, 11) is 3.76. The molecule has 0 saturated carbocycles. The molecule has 7 heteroatoms. The van der Waals surface area contributed by atoms with Crippen LogP contribution in [0.3, 0.4) is 0 Å². The number of piperazine rings is 1. The first kappa shape index (κ1) is 24.2. The molecular formula is C27H34FN3O3. The summed E-state index contributed by atoms with van der Waals surface area (Å²) in [6.07, 6.45) is 1.56. The van der Waals surface area contributed by atoms with Crippen molar-refractivity contribution in [2.24, 2.45) is 5.41 Å². The second-order valence-corrected chi connectivity index (χ2v) is 9.77. The summed E-state index contributed by atoms with van der Waals surface area (Å²) in [6.45, 7) is 5.36. The van der Waals surface area contributed by atoms with Gasteiger partial charge in [-0.2, -0.15) is 0 Å². The monoisotopic (exact) mass is 467 g/mol. The molecule has 0 bridgehead atoms. The standard InChI is InChI=1S/C27H34FN3O3/c1-27(12-14-30(15-13-27)25(32)18-20-4-8-22(28)9-5-20)26(33)31-17-16-29(2)24(19-31)21-6-10-23(34-3)11-7-21/h4-11,24H,12-19H2,1-3H3/t24-/m1/s1. The maximum atomic E-state index is 13.6. The third kappa shape index (κ3) is 5.25. The Morgan fingerprint density at radius 3 is 2.24 bits per heavy atom. The molecule has 0 unspecified atom stereocenters. The number of hydrogen-bond donors (Lipinski definition) is 0. The second kappa shape index (κ2) is 10.1. The Labute approximate surface area is 201 Å². The van der Waals surface area contributed by atoms with Gasteiger partial charge >= 0.3 is 0 Å². The maximum absolute atomic E-state index is 13.6. The Kier molecular flexibility index (Phi) is 7.22. The number of carbonyl (C=O) groups excluding carboxylic acids is 2. The van der Waals surface area contributed by atoms with Crippen molar-refractivity contribution in [3.8, 4) is 5.75 Å². The highest BCUT2D eigenvalue weighted by Gasteiger charge is 2.42. The SMILES string of the molecule is COc1ccc([C@H]2CN(C(=O)C3(C)CCN(C(=O)Cc4ccc(F)cc4)CC3)CCN2C)cc1. The van der Waals surface area contributed by atoms with E-state index in [1.54, 1.807) is 19.2 Å². The molecule has 0 radical (unpaired) electrons. The summed E-state index contributed by atoms with van der Waals surface area (Å²) >= 11 is 0. The molecule has 182 valence electrons. The largest absolute Gasteiger partial charge is 0.497 e. The number of carbonyl (C=O) groups is 2. The van der Waals surface area contributed by atoms with E-state index in [1.807, 2.05) is 28.9 Å². The average molecular weight is 468 g/mol. The van der Waals surface area contributed by atoms with Gasteiger partial charge in [0.1, 0.15) is 11.6 Å². The van der Waals surface area contributed by atoms with Crippen LogP contribution in [0.5, 0.6) is 5.75 Å². The van der Waals surface area contributed by atoms with Crippen molar-refractivity contribution in [2.45, 2.75) is 32.2 Å². The van der Waals surface area contributed by atoms with Gasteiger partial charge in [0, 0.05) is 38.1 Å². The molecule has 0 aromatic heterocycles. The van der Waals surface area contributed by atoms with Crippen LogP contribution in [-0.2, 0) is 16.0 Å². The fraction of sp³-hybridized carbons (Fsp3) is 0.481. The highest BCUT2D eigenvalue weighted by atomic mass is 19.1. The average Bonchev–Trinajstić information content (AvgIpc) is 2.86. The number of piperidine rings is 1. The highest BCUT2D eigenvalue weighted by molar-refractivity contribution is 5.84. The minimum Gasteiger partial charge on any atom is -0.497 e. The van der Waals surface area contributed by atoms with E-state index in [0.717, 1.165) is 17.9 Å². The van der Waals surface area contributed by atoms with Gasteiger partial charge in [-0.1, -0.05) is 31.2 Å². The van der Waals surface area contributed by atoms with E-state index in [4.69, 9.17) is 4.74 Å². The summed E-state index contributed by atoms with van der Waals surface area (Å²) in [5.41, 5.74) is 1.51. The van der Waals surface area contributed by atoms with Gasteiger partial charge in [-0.15, -0.1) is 0 Å². The minimum atomic E-state index is -0.465. The summed E-state index contributed by atoms with van der Waals surface area (Å²) in [5.74, 6) is 0.731. The Balaban J connectivity index is 1.36. The number of amides is 2. The van der Waals surface area contributed by atoms with Crippen LogP contribution in [0.4, 0.5) is 4.39 Å². The summed E-state index contributed by atoms with van der Waals surface area (Å²) in [6, 6.07) is 14.3. The minimum absolute atomic E-state index is 0.0280. The Morgan fingerprint density at radius 1 is 0.971 bits per heavy atom. The molecule has 2 aromatic carbocycles. The molecule has 6 nitrogen and oxygen atoms in total. The third-order valence-electron chi connectivity index (χ3n) is 7.44. The molecule has 1 atom stereocenters. The van der Waals surface area contributed by atoms with Crippen LogP contribution in [0, 0.1) is 11.2 Å². The van der Waals surface area contributed by atoms with Crippen LogP contribution >= 0.6 is 0 Å². The molecule has 2 saturated heterocycles. The summed E-state index contributed by atoms with van der Waals surface area (Å²) in [5, 5.41) is 0. The van der Waals surface area contributed by atoms with E-state index in [9.17, 15) is 14.0 Å². The number of ether oxygens (including phenoxy) is 1. The van der Waals surface area contributed by atoms with Crippen molar-refractivity contribution < 1.29 is 18.7 Å². The van der Waals surface area contributed by atoms with Gasteiger partial charge in [0.05, 0.1) is 19.6 Å². The topological polar surface area (TPSA) is 53.1 Å². The predicted octanol–water partition coefficient (Wildman–Crippen LogP) is 3.52. The second-order valence-electron chi connectivity index (χ2n) is 9.77. The van der Waals surface area contributed by atoms with Crippen LogP contribution in [0.25, 0.3) is 0 Å². The van der Waals surface area contributed by atoms with E-state index in [0.29, 0.717) is 39.0 Å². The Bertz CT molecular complexity index is 1000. The number of rotatable bonds is 5. The van der Waals surface area contributed by atoms with Gasteiger partial charge in [-0.05, 0) is 55.3 Å². The maximum Gasteiger partial charge on any atom is 0.228 e. The first-order chi connectivity index (χ1) is 16.3. The molecule has 34 heavy (non-hydrogen) atoms. The summed E-state index contributed by atoms with van der Waals surface area (Å²) in [4.78, 5) is 32.5. The van der Waals surface area contributed by atoms with Crippen molar-refractivity contribution in [3.63, 3.8) is 0 Å². The number of benzene rings is 2. The molecule has 2 heterocycles. The van der Waals surface area contributed by atoms with E-state index < -0.39 is 5.41 Å². The molecule has 4 rings (SSSR count). The number of hydrogen-bond acceptors (Lipinski definition) is 4. The van der Waals surface area contributed by atoms with Crippen molar-refractivity contribution in [3.05, 3.63) is 65.5 Å². The van der Waals surface area contributed by atoms with Crippen molar-refractivity contribution >= 4 is 11.8 Å². The predicted molar refractivity (Wildman–Crippen MR) is 129 cm³/mol. The molecular weight excluding hydrogens is 433 g/mol. The van der Waals surface area contributed by atoms with Crippen LogP contribution in [-0.4, -0.2) is 73.4 Å². The fourth-order valence-corrected chi connectivity index (χ4v) is 4.98. The molecule has 2 fully saturated rings. The van der Waals surface area contributed by atoms with Crippen molar-refractivity contribution in [2.75, 3.05) is 46.9 Å². The lowest BCUT2D eigenvalue weighted by Gasteiger charge is -2.45. The first-order valence-electron chi connectivity index (χ1n) is 11.9. The Hall–Kier alpha value is -2.93. The van der Waals surface area contributed by atoms with Crippen LogP contribution in [0.15, 0.2) is 48.5 Å². The van der Waals surface area contributed by atoms with Crippen molar-refractivity contribution in [1.82, 2.24) is 14.7 Å². The molecule has 0 aliphatic carbocycles. The lowest BCUT2D eigenvalue weighted by atomic mass is 9.78. The smallest absolute Gasteiger partial charge is 0.228 e.